The molecular weight excluding hydrogens is 272 g/mol. The predicted molar refractivity (Wildman–Crippen MR) is 76.4 cm³/mol. The summed E-state index contributed by atoms with van der Waals surface area (Å²) >= 11 is 0. The average Bonchev–Trinajstić information content (AvgIpc) is 2.36. The van der Waals surface area contributed by atoms with E-state index in [-0.39, 0.29) is 23.8 Å². The van der Waals surface area contributed by atoms with E-state index in [1.54, 1.807) is 30.3 Å². The molecule has 6 heteroatoms. The molecule has 104 valence electrons. The van der Waals surface area contributed by atoms with Gasteiger partial charge in [-0.3, -0.25) is 0 Å². The number of halogens is 1. The summed E-state index contributed by atoms with van der Waals surface area (Å²) in [5.74, 6) is 0. The number of rotatable bonds is 6. The zero-order valence-electron chi connectivity index (χ0n) is 10.5. The molecule has 0 aliphatic carbocycles. The highest BCUT2D eigenvalue weighted by Gasteiger charge is 2.39. The van der Waals surface area contributed by atoms with Gasteiger partial charge in [0.05, 0.1) is 4.90 Å². The van der Waals surface area contributed by atoms with E-state index in [2.05, 4.69) is 0 Å². The maximum absolute atomic E-state index is 12.4. The number of hydrogen-bond donors (Lipinski definition) is 2. The summed E-state index contributed by atoms with van der Waals surface area (Å²) in [6.07, 6.45) is 2.03. The Bertz CT molecular complexity index is 450. The normalized spacial score (nSPS) is 14.6. The Kier molecular flexibility index (Phi) is 6.84. The van der Waals surface area contributed by atoms with Crippen molar-refractivity contribution >= 4 is 22.2 Å². The van der Waals surface area contributed by atoms with Crippen LogP contribution in [0.4, 0.5) is 0 Å². The van der Waals surface area contributed by atoms with Gasteiger partial charge in [0.25, 0.3) is 0 Å². The molecule has 0 saturated heterocycles. The van der Waals surface area contributed by atoms with Gasteiger partial charge in [0, 0.05) is 6.54 Å². The van der Waals surface area contributed by atoms with Crippen LogP contribution in [0.3, 0.4) is 0 Å². The van der Waals surface area contributed by atoms with Gasteiger partial charge in [0.15, 0.2) is 9.84 Å². The standard InChI is InChI=1S/C12H20N2O2S.ClH/c1-2-3-9-12(14,10-13)17(15,16)11-7-5-4-6-8-11;/h4-8H,2-3,9-10,13-14H2,1H3;1H. The van der Waals surface area contributed by atoms with E-state index in [1.807, 2.05) is 6.92 Å². The predicted octanol–water partition coefficient (Wildman–Crippen LogP) is 1.69. The highest BCUT2D eigenvalue weighted by molar-refractivity contribution is 7.92. The first-order valence-corrected chi connectivity index (χ1v) is 7.25. The summed E-state index contributed by atoms with van der Waals surface area (Å²) in [6, 6.07) is 8.25. The van der Waals surface area contributed by atoms with Crippen LogP contribution in [-0.2, 0) is 9.84 Å². The van der Waals surface area contributed by atoms with Gasteiger partial charge in [0.2, 0.25) is 0 Å². The highest BCUT2D eigenvalue weighted by Crippen LogP contribution is 2.25. The molecule has 0 aliphatic rings. The second-order valence-corrected chi connectivity index (χ2v) is 6.48. The summed E-state index contributed by atoms with van der Waals surface area (Å²) in [6.45, 7) is 1.93. The van der Waals surface area contributed by atoms with Crippen LogP contribution in [0.1, 0.15) is 26.2 Å². The van der Waals surface area contributed by atoms with Crippen LogP contribution in [0, 0.1) is 0 Å². The van der Waals surface area contributed by atoms with Crippen LogP contribution in [0.25, 0.3) is 0 Å². The fourth-order valence-electron chi connectivity index (χ4n) is 1.66. The molecule has 18 heavy (non-hydrogen) atoms. The van der Waals surface area contributed by atoms with Crippen molar-refractivity contribution in [3.8, 4) is 0 Å². The quantitative estimate of drug-likeness (QED) is 0.835. The summed E-state index contributed by atoms with van der Waals surface area (Å²) in [7, 11) is -3.57. The van der Waals surface area contributed by atoms with Crippen LogP contribution in [-0.4, -0.2) is 19.8 Å². The lowest BCUT2D eigenvalue weighted by molar-refractivity contribution is 0.479. The van der Waals surface area contributed by atoms with Gasteiger partial charge in [-0.15, -0.1) is 12.4 Å². The van der Waals surface area contributed by atoms with E-state index in [9.17, 15) is 8.42 Å². The van der Waals surface area contributed by atoms with Crippen molar-refractivity contribution in [3.05, 3.63) is 30.3 Å². The van der Waals surface area contributed by atoms with Gasteiger partial charge in [-0.2, -0.15) is 0 Å². The van der Waals surface area contributed by atoms with E-state index in [0.717, 1.165) is 12.8 Å². The lowest BCUT2D eigenvalue weighted by atomic mass is 10.1. The molecule has 1 rings (SSSR count). The summed E-state index contributed by atoms with van der Waals surface area (Å²) in [5, 5.41) is 0. The molecule has 0 bridgehead atoms. The molecule has 1 aromatic rings. The van der Waals surface area contributed by atoms with Crippen molar-refractivity contribution in [1.29, 1.82) is 0 Å². The molecule has 0 aliphatic heterocycles. The molecule has 0 spiro atoms. The third-order valence-electron chi connectivity index (χ3n) is 2.89. The molecule has 4 N–H and O–H groups in total. The minimum atomic E-state index is -3.57. The fourth-order valence-corrected chi connectivity index (χ4v) is 3.27. The molecule has 0 fully saturated rings. The number of sulfone groups is 1. The number of nitrogens with two attached hydrogens (primary N) is 2. The van der Waals surface area contributed by atoms with Crippen LogP contribution >= 0.6 is 12.4 Å². The lowest BCUT2D eigenvalue weighted by Crippen LogP contribution is -2.53. The van der Waals surface area contributed by atoms with E-state index >= 15 is 0 Å². The lowest BCUT2D eigenvalue weighted by Gasteiger charge is -2.27. The van der Waals surface area contributed by atoms with Crippen LogP contribution in [0.15, 0.2) is 35.2 Å². The maximum Gasteiger partial charge on any atom is 0.198 e. The fraction of sp³-hybridized carbons (Fsp3) is 0.500. The van der Waals surface area contributed by atoms with Gasteiger partial charge in [0.1, 0.15) is 4.87 Å². The average molecular weight is 293 g/mol. The molecule has 0 radical (unpaired) electrons. The Balaban J connectivity index is 0.00000289. The molecule has 1 unspecified atom stereocenters. The van der Waals surface area contributed by atoms with Crippen LogP contribution in [0.5, 0.6) is 0 Å². The molecule has 0 saturated carbocycles. The Morgan fingerprint density at radius 1 is 1.22 bits per heavy atom. The second kappa shape index (κ2) is 7.09. The molecule has 0 aromatic heterocycles. The monoisotopic (exact) mass is 292 g/mol. The minimum absolute atomic E-state index is 0. The Morgan fingerprint density at radius 2 is 1.78 bits per heavy atom. The zero-order chi connectivity index (χ0) is 12.9. The number of hydrogen-bond acceptors (Lipinski definition) is 4. The van der Waals surface area contributed by atoms with Gasteiger partial charge in [-0.25, -0.2) is 8.42 Å². The number of benzene rings is 1. The van der Waals surface area contributed by atoms with E-state index in [4.69, 9.17) is 11.5 Å². The van der Waals surface area contributed by atoms with E-state index < -0.39 is 14.7 Å². The van der Waals surface area contributed by atoms with E-state index in [1.165, 1.54) is 0 Å². The van der Waals surface area contributed by atoms with Gasteiger partial charge in [-0.1, -0.05) is 38.0 Å². The van der Waals surface area contributed by atoms with Crippen molar-refractivity contribution in [3.63, 3.8) is 0 Å². The van der Waals surface area contributed by atoms with Crippen molar-refractivity contribution in [2.24, 2.45) is 11.5 Å². The Hall–Kier alpha value is -0.620. The van der Waals surface area contributed by atoms with Crippen molar-refractivity contribution in [1.82, 2.24) is 0 Å². The third-order valence-corrected chi connectivity index (χ3v) is 5.22. The van der Waals surface area contributed by atoms with Crippen LogP contribution < -0.4 is 11.5 Å². The first-order valence-electron chi connectivity index (χ1n) is 5.76. The van der Waals surface area contributed by atoms with Crippen molar-refractivity contribution < 1.29 is 8.42 Å². The summed E-state index contributed by atoms with van der Waals surface area (Å²) in [4.78, 5) is -1.12. The van der Waals surface area contributed by atoms with Crippen molar-refractivity contribution in [2.75, 3.05) is 6.54 Å². The molecule has 0 heterocycles. The SMILES string of the molecule is CCCCC(N)(CN)S(=O)(=O)c1ccccc1.Cl. The first-order chi connectivity index (χ1) is 7.98. The van der Waals surface area contributed by atoms with Crippen LogP contribution in [0.2, 0.25) is 0 Å². The van der Waals surface area contributed by atoms with Gasteiger partial charge in [-0.05, 0) is 18.6 Å². The smallest absolute Gasteiger partial charge is 0.198 e. The Labute approximate surface area is 115 Å². The summed E-state index contributed by atoms with van der Waals surface area (Å²) < 4.78 is 24.8. The molecule has 0 amide bonds. The minimum Gasteiger partial charge on any atom is -0.328 e. The molecule has 1 aromatic carbocycles. The topological polar surface area (TPSA) is 86.2 Å². The largest absolute Gasteiger partial charge is 0.328 e. The van der Waals surface area contributed by atoms with Crippen molar-refractivity contribution in [2.45, 2.75) is 36.0 Å². The third kappa shape index (κ3) is 3.45. The zero-order valence-corrected chi connectivity index (χ0v) is 12.1. The van der Waals surface area contributed by atoms with E-state index in [0.29, 0.717) is 6.42 Å². The first kappa shape index (κ1) is 17.4. The van der Waals surface area contributed by atoms with Gasteiger partial charge >= 0.3 is 0 Å². The molecule has 4 nitrogen and oxygen atoms in total. The second-order valence-electron chi connectivity index (χ2n) is 4.19. The Morgan fingerprint density at radius 3 is 2.22 bits per heavy atom. The van der Waals surface area contributed by atoms with Gasteiger partial charge < -0.3 is 11.5 Å². The summed E-state index contributed by atoms with van der Waals surface area (Å²) in [5.41, 5.74) is 11.5. The highest BCUT2D eigenvalue weighted by atomic mass is 35.5. The molecule has 1 atom stereocenters. The number of unbranched alkanes of at least 4 members (excludes halogenated alkanes) is 1. The maximum atomic E-state index is 12.4. The molecular formula is C12H21ClN2O2S.